The van der Waals surface area contributed by atoms with Crippen LogP contribution in [0.2, 0.25) is 6.55 Å². The van der Waals surface area contributed by atoms with Gasteiger partial charge in [-0.1, -0.05) is 170 Å². The van der Waals surface area contributed by atoms with Gasteiger partial charge in [-0.25, -0.2) is 0 Å². The normalized spacial score (nSPS) is 10.3. The number of hydrogen-bond acceptors (Lipinski definition) is 0. The topological polar surface area (TPSA) is 0 Å². The molecule has 0 amide bonds. The molecule has 0 saturated heterocycles. The van der Waals surface area contributed by atoms with Gasteiger partial charge < -0.3 is 49.6 Å². The fourth-order valence-corrected chi connectivity index (χ4v) is 10.5. The van der Waals surface area contributed by atoms with Crippen molar-refractivity contribution in [2.75, 3.05) is 0 Å². The average molecular weight is 1080 g/mol. The van der Waals surface area contributed by atoms with Gasteiger partial charge in [0, 0.05) is 0 Å². The molecule has 0 spiro atoms. The Balaban J connectivity index is 0.000000221. The van der Waals surface area contributed by atoms with E-state index in [1.54, 1.807) is 28.5 Å². The van der Waals surface area contributed by atoms with Gasteiger partial charge in [-0.3, -0.25) is 0 Å². The quantitative estimate of drug-likeness (QED) is 0.141. The van der Waals surface area contributed by atoms with Gasteiger partial charge in [0.15, 0.2) is 0 Å². The molecule has 0 fully saturated rings. The summed E-state index contributed by atoms with van der Waals surface area (Å²) < 4.78 is 0. The first-order valence-electron chi connectivity index (χ1n) is 20.8. The SMILES string of the molecule is CCc1cc(-c2cc3ccccc3[cH-]2)c2c(ccc3ccccc32)c1.CCc1cc(-c2cc3ccccc3[cH-]2)c2c(ccc3ccccc32)c1.C[Si](=[Zr+2])c1ccccc1.[Cl-].[Cl-].[Cl-].[Cl-].[Zr+4]. The number of benzene rings is 9. The molecule has 0 heterocycles. The smallest absolute Gasteiger partial charge is 1.00 e. The molecule has 0 aliphatic rings. The van der Waals surface area contributed by atoms with E-state index in [-0.39, 0.29) is 81.3 Å². The van der Waals surface area contributed by atoms with E-state index in [2.05, 4.69) is 221 Å². The van der Waals surface area contributed by atoms with Gasteiger partial charge in [-0.05, 0) is 55.9 Å². The molecule has 11 rings (SSSR count). The Morgan fingerprint density at radius 1 is 0.406 bits per heavy atom. The molecular weight excluding hydrogens is 1040 g/mol. The first-order valence-corrected chi connectivity index (χ1v) is 26.5. The molecule has 0 aliphatic carbocycles. The summed E-state index contributed by atoms with van der Waals surface area (Å²) in [5.41, 5.74) is 7.99. The van der Waals surface area contributed by atoms with E-state index in [0.717, 1.165) is 12.8 Å². The Hall–Kier alpha value is -3.62. The van der Waals surface area contributed by atoms with E-state index in [9.17, 15) is 0 Å². The Labute approximate surface area is 436 Å². The van der Waals surface area contributed by atoms with Crippen molar-refractivity contribution in [2.24, 2.45) is 0 Å². The predicted octanol–water partition coefficient (Wildman–Crippen LogP) is 3.26. The summed E-state index contributed by atoms with van der Waals surface area (Å²) in [6, 6.07) is 73.2. The zero-order valence-corrected chi connectivity index (χ0v) is 44.9. The molecular formula is C57H46Cl4SiZr2. The summed E-state index contributed by atoms with van der Waals surface area (Å²) in [7, 11) is 0. The van der Waals surface area contributed by atoms with Crippen LogP contribution < -0.4 is 54.8 Å². The molecule has 0 nitrogen and oxygen atoms in total. The summed E-state index contributed by atoms with van der Waals surface area (Å²) in [6.07, 6.45) is 2.10. The minimum atomic E-state index is -0.122. The molecule has 0 radical (unpaired) electrons. The second kappa shape index (κ2) is 24.2. The van der Waals surface area contributed by atoms with E-state index in [0.29, 0.717) is 0 Å². The zero-order chi connectivity index (χ0) is 40.3. The van der Waals surface area contributed by atoms with E-state index in [4.69, 9.17) is 0 Å². The largest absolute Gasteiger partial charge is 4.00 e. The third kappa shape index (κ3) is 11.3. The fourth-order valence-electron chi connectivity index (χ4n) is 8.58. The molecule has 0 N–H and O–H groups in total. The third-order valence-corrected chi connectivity index (χ3v) is 15.0. The summed E-state index contributed by atoms with van der Waals surface area (Å²) >= 11 is 1.69. The predicted molar refractivity (Wildman–Crippen MR) is 256 cm³/mol. The fraction of sp³-hybridized carbons (Fsp3) is 0.0877. The molecule has 314 valence electrons. The molecule has 0 saturated carbocycles. The van der Waals surface area contributed by atoms with Gasteiger partial charge in [0.2, 0.25) is 0 Å². The van der Waals surface area contributed by atoms with Crippen LogP contribution in [0.15, 0.2) is 200 Å². The molecule has 0 aromatic heterocycles. The number of fused-ring (bicyclic) bond motifs is 8. The Morgan fingerprint density at radius 2 is 0.766 bits per heavy atom. The second-order valence-corrected chi connectivity index (χ2v) is 22.9. The van der Waals surface area contributed by atoms with E-state index < -0.39 is 0 Å². The molecule has 11 aromatic rings. The Morgan fingerprint density at radius 3 is 1.14 bits per heavy atom. The van der Waals surface area contributed by atoms with Gasteiger partial charge >= 0.3 is 97.0 Å². The van der Waals surface area contributed by atoms with Crippen LogP contribution in [0.1, 0.15) is 25.0 Å². The van der Waals surface area contributed by atoms with Crippen LogP contribution in [0.4, 0.5) is 0 Å². The number of rotatable bonds is 5. The monoisotopic (exact) mass is 1080 g/mol. The van der Waals surface area contributed by atoms with Crippen molar-refractivity contribution in [3.63, 3.8) is 0 Å². The average Bonchev–Trinajstić information content (AvgIpc) is 3.94. The minimum Gasteiger partial charge on any atom is -1.00 e. The van der Waals surface area contributed by atoms with Crippen LogP contribution in [0.3, 0.4) is 0 Å². The van der Waals surface area contributed by atoms with Gasteiger partial charge in [0.1, 0.15) is 0 Å². The van der Waals surface area contributed by atoms with Crippen LogP contribution >= 0.6 is 0 Å². The standard InChI is InChI=1S/2C25H19.C7H8Si.4ClH.2Zr/c2*1-2-17-13-21-12-11-18-7-5-6-10-23(18)25(21)24(14-17)22-15-19-8-3-4-9-20(19)16-22;1-8-7-5-3-2-4-6-7;;;;;;/h2*3-16H,2H2,1H3;2-6H,1H3;4*1H;;/q2*-1;;;;;;+2;+4/p-4. The van der Waals surface area contributed by atoms with Gasteiger partial charge in [-0.15, -0.1) is 69.1 Å². The van der Waals surface area contributed by atoms with E-state index in [1.807, 2.05) is 0 Å². The number of halogens is 4. The van der Waals surface area contributed by atoms with Crippen LogP contribution in [-0.2, 0) is 62.4 Å². The number of hydrogen-bond donors (Lipinski definition) is 0. The first kappa shape index (κ1) is 53.0. The minimum absolute atomic E-state index is 0. The summed E-state index contributed by atoms with van der Waals surface area (Å²) in [5, 5.41) is 17.5. The number of aryl methyl sites for hydroxylation is 2. The maximum absolute atomic E-state index is 2.38. The van der Waals surface area contributed by atoms with Gasteiger partial charge in [0.05, 0.1) is 0 Å². The Bertz CT molecular complexity index is 3030. The summed E-state index contributed by atoms with van der Waals surface area (Å²) in [5.74, 6) is 0. The molecule has 0 aliphatic heterocycles. The maximum atomic E-state index is 2.38. The first-order chi connectivity index (χ1) is 29.0. The molecule has 11 aromatic carbocycles. The van der Waals surface area contributed by atoms with Crippen LogP contribution in [0, 0.1) is 0 Å². The third-order valence-electron chi connectivity index (χ3n) is 11.7. The zero-order valence-electron chi connectivity index (χ0n) is 36.0. The van der Waals surface area contributed by atoms with Crippen LogP contribution in [-0.4, -0.2) is 5.43 Å². The van der Waals surface area contributed by atoms with Gasteiger partial charge in [-0.2, -0.15) is 0 Å². The van der Waals surface area contributed by atoms with Crippen molar-refractivity contribution in [1.82, 2.24) is 0 Å². The molecule has 0 unspecified atom stereocenters. The second-order valence-electron chi connectivity index (χ2n) is 15.5. The summed E-state index contributed by atoms with van der Waals surface area (Å²) in [6.45, 7) is 6.80. The van der Waals surface area contributed by atoms with Gasteiger partial charge in [0.25, 0.3) is 0 Å². The maximum Gasteiger partial charge on any atom is 4.00 e. The van der Waals surface area contributed by atoms with Crippen molar-refractivity contribution >= 4 is 75.3 Å². The van der Waals surface area contributed by atoms with Crippen molar-refractivity contribution in [3.05, 3.63) is 211 Å². The van der Waals surface area contributed by atoms with Crippen molar-refractivity contribution in [3.8, 4) is 22.3 Å². The Kier molecular flexibility index (Phi) is 20.1. The van der Waals surface area contributed by atoms with E-state index >= 15 is 0 Å². The summed E-state index contributed by atoms with van der Waals surface area (Å²) in [4.78, 5) is 0. The van der Waals surface area contributed by atoms with Crippen LogP contribution in [0.5, 0.6) is 0 Å². The molecule has 64 heavy (non-hydrogen) atoms. The van der Waals surface area contributed by atoms with E-state index in [1.165, 1.54) is 98.0 Å². The van der Waals surface area contributed by atoms with Crippen molar-refractivity contribution in [2.45, 2.75) is 33.2 Å². The van der Waals surface area contributed by atoms with Crippen molar-refractivity contribution in [1.29, 1.82) is 0 Å². The molecule has 7 heteroatoms. The van der Waals surface area contributed by atoms with Crippen LogP contribution in [0.25, 0.3) is 86.9 Å². The molecule has 0 atom stereocenters. The molecule has 0 bridgehead atoms. The van der Waals surface area contributed by atoms with Crippen molar-refractivity contribution < 1.29 is 99.2 Å².